The van der Waals surface area contributed by atoms with Gasteiger partial charge in [0.25, 0.3) is 5.91 Å². The summed E-state index contributed by atoms with van der Waals surface area (Å²) in [6, 6.07) is 8.53. The minimum Gasteiger partial charge on any atom is -0.399 e. The second-order valence-corrected chi connectivity index (χ2v) is 6.17. The Morgan fingerprint density at radius 1 is 1.10 bits per heavy atom. The summed E-state index contributed by atoms with van der Waals surface area (Å²) in [6.07, 6.45) is -5.16. The molecule has 0 spiro atoms. The highest BCUT2D eigenvalue weighted by Gasteiger charge is 2.39. The van der Waals surface area contributed by atoms with Crippen molar-refractivity contribution in [3.63, 3.8) is 0 Å². The zero-order chi connectivity index (χ0) is 21.6. The van der Waals surface area contributed by atoms with Crippen LogP contribution in [0.5, 0.6) is 5.75 Å². The lowest BCUT2D eigenvalue weighted by Gasteiger charge is -2.11. The van der Waals surface area contributed by atoms with Gasteiger partial charge < -0.3 is 20.2 Å². The third-order valence-corrected chi connectivity index (χ3v) is 4.38. The van der Waals surface area contributed by atoms with Crippen LogP contribution in [0.1, 0.15) is 11.1 Å². The Morgan fingerprint density at radius 2 is 1.83 bits per heavy atom. The number of nitro groups is 1. The van der Waals surface area contributed by atoms with Crippen molar-refractivity contribution in [1.29, 1.82) is 0 Å². The van der Waals surface area contributed by atoms with Crippen molar-refractivity contribution < 1.29 is 32.5 Å². The Bertz CT molecular complexity index is 1160. The summed E-state index contributed by atoms with van der Waals surface area (Å²) in [5.74, 6) is -1.72. The van der Waals surface area contributed by atoms with E-state index in [9.17, 15) is 28.1 Å². The minimum atomic E-state index is -5.16. The summed E-state index contributed by atoms with van der Waals surface area (Å²) in [5.41, 5.74) is 0.610. The average Bonchev–Trinajstić information content (AvgIpc) is 3.16. The van der Waals surface area contributed by atoms with Crippen LogP contribution in [0.15, 0.2) is 47.3 Å². The normalized spacial score (nSPS) is 18.5. The monoisotopic (exact) mass is 420 g/mol. The number of nitrogens with one attached hydrogen (secondary N) is 2. The van der Waals surface area contributed by atoms with E-state index in [1.165, 1.54) is 7.11 Å². The molecule has 1 amide bonds. The molecule has 0 saturated carbocycles. The lowest BCUT2D eigenvalue weighted by atomic mass is 10.0. The predicted octanol–water partition coefficient (Wildman–Crippen LogP) is 3.63. The first-order valence-corrected chi connectivity index (χ1v) is 8.31. The van der Waals surface area contributed by atoms with Gasteiger partial charge >= 0.3 is 12.0 Å². The first kappa shape index (κ1) is 19.2. The number of nitrogens with zero attached hydrogens (tertiary/aromatic N) is 2. The lowest BCUT2D eigenvalue weighted by molar-refractivity contribution is -0.388. The number of oxime groups is 1. The van der Waals surface area contributed by atoms with Crippen molar-refractivity contribution in [1.82, 2.24) is 0 Å². The fourth-order valence-corrected chi connectivity index (χ4v) is 3.28. The van der Waals surface area contributed by atoms with E-state index >= 15 is 0 Å². The van der Waals surface area contributed by atoms with E-state index in [0.717, 1.165) is 12.1 Å². The lowest BCUT2D eigenvalue weighted by Crippen LogP contribution is -2.18. The molecule has 12 heteroatoms. The maximum atomic E-state index is 12.8. The highest BCUT2D eigenvalue weighted by molar-refractivity contribution is 6.39. The molecule has 2 aromatic rings. The van der Waals surface area contributed by atoms with E-state index in [0.29, 0.717) is 11.3 Å². The number of carbonyl (C=O) groups is 1. The number of rotatable bonds is 3. The molecule has 2 aliphatic heterocycles. The summed E-state index contributed by atoms with van der Waals surface area (Å²) in [7, 11) is 1.30. The maximum Gasteiger partial charge on any atom is 0.573 e. The number of anilines is 2. The van der Waals surface area contributed by atoms with Gasteiger partial charge in [-0.25, -0.2) is 0 Å². The number of alkyl halides is 3. The Morgan fingerprint density at radius 3 is 2.50 bits per heavy atom. The van der Waals surface area contributed by atoms with Gasteiger partial charge in [0, 0.05) is 22.9 Å². The summed E-state index contributed by atoms with van der Waals surface area (Å²) in [4.78, 5) is 27.7. The van der Waals surface area contributed by atoms with Crippen LogP contribution in [-0.2, 0) is 9.63 Å². The van der Waals surface area contributed by atoms with Crippen LogP contribution in [0, 0.1) is 10.1 Å². The van der Waals surface area contributed by atoms with Crippen LogP contribution < -0.4 is 15.4 Å². The van der Waals surface area contributed by atoms with Gasteiger partial charge in [0.1, 0.15) is 12.8 Å². The average molecular weight is 420 g/mol. The Hall–Kier alpha value is -4.09. The Kier molecular flexibility index (Phi) is 4.33. The van der Waals surface area contributed by atoms with E-state index in [1.54, 1.807) is 24.3 Å². The van der Waals surface area contributed by atoms with Gasteiger partial charge in [-0.05, 0) is 12.1 Å². The quantitative estimate of drug-likeness (QED) is 0.445. The third kappa shape index (κ3) is 3.17. The van der Waals surface area contributed by atoms with Crippen LogP contribution in [0.4, 0.5) is 30.2 Å². The summed E-state index contributed by atoms with van der Waals surface area (Å²) in [5, 5.41) is 20.5. The van der Waals surface area contributed by atoms with Gasteiger partial charge in [0.05, 0.1) is 21.9 Å². The zero-order valence-electron chi connectivity index (χ0n) is 15.0. The number of amides is 1. The van der Waals surface area contributed by atoms with Crippen LogP contribution >= 0.6 is 0 Å². The number of benzene rings is 2. The molecule has 0 bridgehead atoms. The van der Waals surface area contributed by atoms with Gasteiger partial charge in [-0.2, -0.15) is 0 Å². The van der Waals surface area contributed by atoms with Crippen molar-refractivity contribution in [3.05, 3.63) is 63.3 Å². The fraction of sp³-hybridized carbons (Fsp3) is 0.111. The van der Waals surface area contributed by atoms with Crippen LogP contribution in [0.2, 0.25) is 0 Å². The fourth-order valence-electron chi connectivity index (χ4n) is 3.28. The maximum absolute atomic E-state index is 12.8. The first-order chi connectivity index (χ1) is 14.2. The Balaban J connectivity index is 1.93. The highest BCUT2D eigenvalue weighted by atomic mass is 19.4. The molecular weight excluding hydrogens is 409 g/mol. The highest BCUT2D eigenvalue weighted by Crippen LogP contribution is 2.44. The van der Waals surface area contributed by atoms with Crippen LogP contribution in [0.25, 0.3) is 5.57 Å². The van der Waals surface area contributed by atoms with E-state index in [2.05, 4.69) is 20.5 Å². The molecule has 0 fully saturated rings. The number of allylic oxidation sites excluding steroid dienone is 1. The number of hydrogen-bond acceptors (Lipinski definition) is 7. The summed E-state index contributed by atoms with van der Waals surface area (Å²) >= 11 is 0. The van der Waals surface area contributed by atoms with Crippen LogP contribution in [0.3, 0.4) is 0 Å². The molecule has 2 aliphatic rings. The number of carbonyl (C=O) groups excluding carboxylic acids is 1. The summed E-state index contributed by atoms with van der Waals surface area (Å²) in [6.45, 7) is 0. The summed E-state index contributed by atoms with van der Waals surface area (Å²) < 4.78 is 42.1. The molecule has 30 heavy (non-hydrogen) atoms. The molecule has 4 rings (SSSR count). The third-order valence-electron chi connectivity index (χ3n) is 4.38. The van der Waals surface area contributed by atoms with Crippen molar-refractivity contribution in [2.45, 2.75) is 6.36 Å². The molecule has 2 N–H and O–H groups in total. The number of fused-ring (bicyclic) bond motifs is 2. The smallest absolute Gasteiger partial charge is 0.399 e. The van der Waals surface area contributed by atoms with Gasteiger partial charge in [-0.1, -0.05) is 23.4 Å². The van der Waals surface area contributed by atoms with Crippen molar-refractivity contribution in [2.24, 2.45) is 5.16 Å². The Labute approximate surface area is 165 Å². The second-order valence-electron chi connectivity index (χ2n) is 6.17. The predicted molar refractivity (Wildman–Crippen MR) is 98.9 cm³/mol. The standard InChI is InChI=1S/C18H11F3N4O5/c1-29-24-15-8-4-2-3-5-10(8)22-16(15)14-9-6-13(30-18(19,20)21)12(25(27)28)7-11(9)23-17(14)26/h2-7,22H,1H3,(H,23,26)/b16-14-,24-15+. The van der Waals surface area contributed by atoms with E-state index < -0.39 is 28.6 Å². The van der Waals surface area contributed by atoms with E-state index in [1.807, 2.05) is 0 Å². The number of nitro benzene ring substituents is 1. The largest absolute Gasteiger partial charge is 0.573 e. The number of hydrogen-bond donors (Lipinski definition) is 2. The molecule has 154 valence electrons. The first-order valence-electron chi connectivity index (χ1n) is 8.31. The molecule has 0 saturated heterocycles. The van der Waals surface area contributed by atoms with Crippen molar-refractivity contribution in [2.75, 3.05) is 17.7 Å². The van der Waals surface area contributed by atoms with Gasteiger partial charge in [-0.15, -0.1) is 13.2 Å². The SMILES string of the molecule is CO/N=C1/C(=C2/C(=O)Nc3cc([N+](=O)[O-])c(OC(F)(F)F)cc32)Nc2ccccc21. The molecule has 0 unspecified atom stereocenters. The molecule has 2 heterocycles. The number of ether oxygens (including phenoxy) is 1. The number of halogens is 3. The number of para-hydroxylation sites is 1. The molecule has 9 nitrogen and oxygen atoms in total. The van der Waals surface area contributed by atoms with Gasteiger partial charge in [0.2, 0.25) is 5.75 Å². The van der Waals surface area contributed by atoms with E-state index in [4.69, 9.17) is 4.84 Å². The molecular formula is C18H11F3N4O5. The topological polar surface area (TPSA) is 115 Å². The van der Waals surface area contributed by atoms with Gasteiger partial charge in [-0.3, -0.25) is 14.9 Å². The molecule has 0 radical (unpaired) electrons. The molecule has 2 aromatic carbocycles. The van der Waals surface area contributed by atoms with Gasteiger partial charge in [0.15, 0.2) is 0 Å². The van der Waals surface area contributed by atoms with Crippen LogP contribution in [-0.4, -0.2) is 30.0 Å². The molecule has 0 aliphatic carbocycles. The minimum absolute atomic E-state index is 0.0102. The second kappa shape index (κ2) is 6.76. The molecule has 0 aromatic heterocycles. The van der Waals surface area contributed by atoms with Crippen molar-refractivity contribution >= 4 is 34.3 Å². The van der Waals surface area contributed by atoms with E-state index in [-0.39, 0.29) is 28.2 Å². The van der Waals surface area contributed by atoms with Crippen molar-refractivity contribution in [3.8, 4) is 5.75 Å². The molecule has 0 atom stereocenters. The zero-order valence-corrected chi connectivity index (χ0v) is 15.0.